The van der Waals surface area contributed by atoms with E-state index < -0.39 is 5.97 Å². The average molecular weight is 287 g/mol. The fourth-order valence-electron chi connectivity index (χ4n) is 2.41. The molecule has 1 aromatic carbocycles. The van der Waals surface area contributed by atoms with Gasteiger partial charge in [-0.2, -0.15) is 0 Å². The van der Waals surface area contributed by atoms with Crippen LogP contribution in [-0.2, 0) is 11.8 Å². The molecule has 2 rings (SSSR count). The lowest BCUT2D eigenvalue weighted by Gasteiger charge is -2.23. The van der Waals surface area contributed by atoms with Crippen LogP contribution in [0.4, 0.5) is 0 Å². The van der Waals surface area contributed by atoms with Crippen molar-refractivity contribution >= 4 is 5.97 Å². The van der Waals surface area contributed by atoms with E-state index in [1.807, 2.05) is 31.2 Å². The molecule has 0 unspecified atom stereocenters. The van der Waals surface area contributed by atoms with Crippen LogP contribution in [0.2, 0.25) is 0 Å². The fourth-order valence-corrected chi connectivity index (χ4v) is 2.41. The van der Waals surface area contributed by atoms with Crippen LogP contribution < -0.4 is 0 Å². The number of carboxylic acid groups (broad SMARTS) is 1. The van der Waals surface area contributed by atoms with Crippen molar-refractivity contribution in [1.29, 1.82) is 0 Å². The molecule has 112 valence electrons. The third kappa shape index (κ3) is 2.96. The number of hydrogen-bond acceptors (Lipinski definition) is 3. The van der Waals surface area contributed by atoms with Crippen LogP contribution >= 0.6 is 0 Å². The van der Waals surface area contributed by atoms with Crippen LogP contribution in [0.3, 0.4) is 0 Å². The molecule has 2 aromatic rings. The number of rotatable bonds is 4. The molecular weight excluding hydrogens is 266 g/mol. The van der Waals surface area contributed by atoms with Crippen molar-refractivity contribution in [1.82, 2.24) is 15.0 Å². The maximum atomic E-state index is 11.3. The lowest BCUT2D eigenvalue weighted by atomic mass is 9.86. The van der Waals surface area contributed by atoms with E-state index in [1.54, 1.807) is 4.68 Å². The molecule has 1 N–H and O–H groups in total. The van der Waals surface area contributed by atoms with E-state index in [1.165, 1.54) is 0 Å². The fraction of sp³-hybridized carbons (Fsp3) is 0.438. The Kier molecular flexibility index (Phi) is 4.11. The Morgan fingerprint density at radius 3 is 2.52 bits per heavy atom. The van der Waals surface area contributed by atoms with E-state index in [0.29, 0.717) is 12.1 Å². The maximum Gasteiger partial charge on any atom is 0.358 e. The second-order valence-corrected chi connectivity index (χ2v) is 6.12. The first-order chi connectivity index (χ1) is 9.86. The van der Waals surface area contributed by atoms with Crippen molar-refractivity contribution in [2.24, 2.45) is 0 Å². The van der Waals surface area contributed by atoms with Crippen molar-refractivity contribution in [3.8, 4) is 5.69 Å². The van der Waals surface area contributed by atoms with Gasteiger partial charge in [0, 0.05) is 0 Å². The summed E-state index contributed by atoms with van der Waals surface area (Å²) in [6.45, 7) is 8.39. The summed E-state index contributed by atoms with van der Waals surface area (Å²) in [6.07, 6.45) is 1.47. The molecule has 5 nitrogen and oxygen atoms in total. The second kappa shape index (κ2) is 5.68. The molecule has 21 heavy (non-hydrogen) atoms. The highest BCUT2D eigenvalue weighted by atomic mass is 16.4. The van der Waals surface area contributed by atoms with Gasteiger partial charge < -0.3 is 5.11 Å². The highest BCUT2D eigenvalue weighted by Crippen LogP contribution is 2.29. The molecule has 1 heterocycles. The predicted octanol–water partition coefficient (Wildman–Crippen LogP) is 3.22. The van der Waals surface area contributed by atoms with Crippen molar-refractivity contribution in [3.05, 3.63) is 41.2 Å². The standard InChI is InChI=1S/C16H21N3O2/c1-5-8-13-14(15(20)21)17-18-19(13)12-10-7-6-9-11(12)16(2,3)4/h6-7,9-10H,5,8H2,1-4H3,(H,20,21). The van der Waals surface area contributed by atoms with E-state index in [2.05, 4.69) is 31.1 Å². The molecular formula is C16H21N3O2. The largest absolute Gasteiger partial charge is 0.476 e. The van der Waals surface area contributed by atoms with Crippen molar-refractivity contribution in [2.75, 3.05) is 0 Å². The summed E-state index contributed by atoms with van der Waals surface area (Å²) in [6, 6.07) is 7.92. The van der Waals surface area contributed by atoms with Crippen LogP contribution in [0.15, 0.2) is 24.3 Å². The van der Waals surface area contributed by atoms with E-state index in [0.717, 1.165) is 17.7 Å². The number of hydrogen-bond donors (Lipinski definition) is 1. The first kappa shape index (κ1) is 15.2. The Hall–Kier alpha value is -2.17. The summed E-state index contributed by atoms with van der Waals surface area (Å²) in [7, 11) is 0. The van der Waals surface area contributed by atoms with Gasteiger partial charge in [-0.3, -0.25) is 0 Å². The summed E-state index contributed by atoms with van der Waals surface area (Å²) >= 11 is 0. The van der Waals surface area contributed by atoms with Crippen molar-refractivity contribution in [2.45, 2.75) is 46.0 Å². The van der Waals surface area contributed by atoms with Gasteiger partial charge in [-0.05, 0) is 23.5 Å². The second-order valence-electron chi connectivity index (χ2n) is 6.12. The number of benzene rings is 1. The first-order valence-corrected chi connectivity index (χ1v) is 7.14. The molecule has 0 aliphatic heterocycles. The topological polar surface area (TPSA) is 68.0 Å². The van der Waals surface area contributed by atoms with Crippen LogP contribution in [0, 0.1) is 0 Å². The van der Waals surface area contributed by atoms with Gasteiger partial charge in [-0.15, -0.1) is 5.10 Å². The van der Waals surface area contributed by atoms with Gasteiger partial charge in [0.15, 0.2) is 5.69 Å². The molecule has 0 spiro atoms. The molecule has 5 heteroatoms. The third-order valence-electron chi connectivity index (χ3n) is 3.39. The Morgan fingerprint density at radius 2 is 1.95 bits per heavy atom. The molecule has 0 bridgehead atoms. The molecule has 0 amide bonds. The third-order valence-corrected chi connectivity index (χ3v) is 3.39. The van der Waals surface area contributed by atoms with E-state index >= 15 is 0 Å². The lowest BCUT2D eigenvalue weighted by molar-refractivity contribution is 0.0689. The highest BCUT2D eigenvalue weighted by molar-refractivity contribution is 5.86. The SMILES string of the molecule is CCCc1c(C(=O)O)nnn1-c1ccccc1C(C)(C)C. The molecule has 0 atom stereocenters. The maximum absolute atomic E-state index is 11.3. The Labute approximate surface area is 124 Å². The monoisotopic (exact) mass is 287 g/mol. The van der Waals surface area contributed by atoms with Crippen LogP contribution in [0.1, 0.15) is 55.9 Å². The van der Waals surface area contributed by atoms with Crippen molar-refractivity contribution < 1.29 is 9.90 Å². The minimum Gasteiger partial charge on any atom is -0.476 e. The number of nitrogens with zero attached hydrogens (tertiary/aromatic N) is 3. The van der Waals surface area contributed by atoms with Gasteiger partial charge in [0.2, 0.25) is 0 Å². The van der Waals surface area contributed by atoms with E-state index in [4.69, 9.17) is 0 Å². The molecule has 0 saturated heterocycles. The summed E-state index contributed by atoms with van der Waals surface area (Å²) in [5.74, 6) is -1.03. The minimum atomic E-state index is -1.03. The number of aromatic carboxylic acids is 1. The number of para-hydroxylation sites is 1. The molecule has 0 fully saturated rings. The lowest BCUT2D eigenvalue weighted by Crippen LogP contribution is -2.17. The molecule has 0 aliphatic rings. The van der Waals surface area contributed by atoms with Gasteiger partial charge in [0.05, 0.1) is 11.4 Å². The van der Waals surface area contributed by atoms with Crippen LogP contribution in [0.25, 0.3) is 5.69 Å². The quantitative estimate of drug-likeness (QED) is 0.937. The molecule has 0 aliphatic carbocycles. The van der Waals surface area contributed by atoms with Gasteiger partial charge in [-0.1, -0.05) is 57.5 Å². The summed E-state index contributed by atoms with van der Waals surface area (Å²) in [5, 5.41) is 17.2. The van der Waals surface area contributed by atoms with Gasteiger partial charge >= 0.3 is 5.97 Å². The van der Waals surface area contributed by atoms with Crippen molar-refractivity contribution in [3.63, 3.8) is 0 Å². The summed E-state index contributed by atoms with van der Waals surface area (Å²) < 4.78 is 1.67. The summed E-state index contributed by atoms with van der Waals surface area (Å²) in [4.78, 5) is 11.3. The zero-order valence-corrected chi connectivity index (χ0v) is 12.9. The highest BCUT2D eigenvalue weighted by Gasteiger charge is 2.24. The van der Waals surface area contributed by atoms with Crippen LogP contribution in [0.5, 0.6) is 0 Å². The Balaban J connectivity index is 2.65. The summed E-state index contributed by atoms with van der Waals surface area (Å²) in [5.41, 5.74) is 2.65. The Bertz CT molecular complexity index is 654. The first-order valence-electron chi connectivity index (χ1n) is 7.14. The molecule has 0 radical (unpaired) electrons. The van der Waals surface area contributed by atoms with Gasteiger partial charge in [-0.25, -0.2) is 9.48 Å². The molecule has 0 saturated carbocycles. The zero-order valence-electron chi connectivity index (χ0n) is 12.9. The number of carbonyl (C=O) groups is 1. The van der Waals surface area contributed by atoms with Gasteiger partial charge in [0.1, 0.15) is 0 Å². The average Bonchev–Trinajstić information content (AvgIpc) is 2.82. The normalized spacial score (nSPS) is 11.6. The van der Waals surface area contributed by atoms with E-state index in [-0.39, 0.29) is 11.1 Å². The van der Waals surface area contributed by atoms with Gasteiger partial charge in [0.25, 0.3) is 0 Å². The smallest absolute Gasteiger partial charge is 0.358 e. The number of carboxylic acids is 1. The Morgan fingerprint density at radius 1 is 1.29 bits per heavy atom. The predicted molar refractivity (Wildman–Crippen MR) is 81.0 cm³/mol. The van der Waals surface area contributed by atoms with E-state index in [9.17, 15) is 9.90 Å². The minimum absolute atomic E-state index is 0.0422. The zero-order chi connectivity index (χ0) is 15.6. The molecule has 1 aromatic heterocycles. The van der Waals surface area contributed by atoms with Crippen LogP contribution in [-0.4, -0.2) is 26.1 Å². The number of aromatic nitrogens is 3.